The molecule has 0 spiro atoms. The molecule has 0 aliphatic carbocycles. The number of carbonyl (C=O) groups is 2. The molecule has 3 aromatic rings. The summed E-state index contributed by atoms with van der Waals surface area (Å²) in [5, 5.41) is 13.3. The second-order valence-electron chi connectivity index (χ2n) is 5.64. The number of hydrogen-bond donors (Lipinski definition) is 3. The van der Waals surface area contributed by atoms with Gasteiger partial charge in [0.15, 0.2) is 5.69 Å². The van der Waals surface area contributed by atoms with Gasteiger partial charge in [-0.15, -0.1) is 11.8 Å². The molecule has 0 unspecified atom stereocenters. The zero-order valence-corrected chi connectivity index (χ0v) is 15.0. The summed E-state index contributed by atoms with van der Waals surface area (Å²) in [7, 11) is 0. The van der Waals surface area contributed by atoms with Gasteiger partial charge in [0.2, 0.25) is 5.91 Å². The molecule has 3 rings (SSSR count). The number of nitrogens with one attached hydrogen (secondary N) is 3. The van der Waals surface area contributed by atoms with Crippen LogP contribution in [0, 0.1) is 0 Å². The quantitative estimate of drug-likeness (QED) is 0.421. The molecule has 2 amide bonds. The minimum absolute atomic E-state index is 0.0205. The van der Waals surface area contributed by atoms with Gasteiger partial charge in [0, 0.05) is 35.5 Å². The molecule has 3 N–H and O–H groups in total. The molecule has 0 aliphatic heterocycles. The molecule has 26 heavy (non-hydrogen) atoms. The largest absolute Gasteiger partial charge is 0.354 e. The third-order valence-corrected chi connectivity index (χ3v) is 4.77. The Morgan fingerprint density at radius 2 is 1.69 bits per heavy atom. The van der Waals surface area contributed by atoms with E-state index in [1.54, 1.807) is 11.8 Å². The minimum atomic E-state index is -0.253. The van der Waals surface area contributed by atoms with Crippen LogP contribution in [0.1, 0.15) is 16.9 Å². The molecule has 2 aromatic carbocycles. The molecule has 0 fully saturated rings. The molecular formula is C19H20N4O2S. The van der Waals surface area contributed by atoms with Crippen LogP contribution in [-0.4, -0.2) is 40.9 Å². The van der Waals surface area contributed by atoms with Crippen molar-refractivity contribution in [2.75, 3.05) is 18.8 Å². The number of nitrogens with zero attached hydrogens (tertiary/aromatic N) is 1. The van der Waals surface area contributed by atoms with E-state index in [1.165, 1.54) is 0 Å². The molecule has 1 heterocycles. The Morgan fingerprint density at radius 3 is 2.54 bits per heavy atom. The first kappa shape index (κ1) is 18.0. The summed E-state index contributed by atoms with van der Waals surface area (Å²) in [6, 6.07) is 17.4. The molecule has 0 atom stereocenters. The number of thioether (sulfide) groups is 1. The highest BCUT2D eigenvalue weighted by atomic mass is 32.2. The van der Waals surface area contributed by atoms with Gasteiger partial charge in [-0.05, 0) is 18.2 Å². The highest BCUT2D eigenvalue weighted by Crippen LogP contribution is 2.17. The zero-order chi connectivity index (χ0) is 18.2. The smallest absolute Gasteiger partial charge is 0.272 e. The van der Waals surface area contributed by atoms with Gasteiger partial charge in [-0.1, -0.05) is 36.4 Å². The van der Waals surface area contributed by atoms with Crippen LogP contribution in [-0.2, 0) is 4.79 Å². The number of fused-ring (bicyclic) bond motifs is 1. The van der Waals surface area contributed by atoms with Gasteiger partial charge in [-0.3, -0.25) is 14.7 Å². The fourth-order valence-corrected chi connectivity index (χ4v) is 3.34. The van der Waals surface area contributed by atoms with Crippen LogP contribution >= 0.6 is 11.8 Å². The summed E-state index contributed by atoms with van der Waals surface area (Å²) in [6.07, 6.45) is 0.442. The lowest BCUT2D eigenvalue weighted by Gasteiger charge is -2.06. The van der Waals surface area contributed by atoms with Crippen molar-refractivity contribution in [3.8, 4) is 0 Å². The van der Waals surface area contributed by atoms with Crippen molar-refractivity contribution in [3.63, 3.8) is 0 Å². The molecule has 0 saturated heterocycles. The summed E-state index contributed by atoms with van der Waals surface area (Å²) < 4.78 is 0. The van der Waals surface area contributed by atoms with Crippen LogP contribution < -0.4 is 10.6 Å². The van der Waals surface area contributed by atoms with Crippen molar-refractivity contribution in [3.05, 3.63) is 60.3 Å². The zero-order valence-electron chi connectivity index (χ0n) is 14.2. The van der Waals surface area contributed by atoms with E-state index in [-0.39, 0.29) is 11.8 Å². The number of amides is 2. The van der Waals surface area contributed by atoms with Gasteiger partial charge in [-0.25, -0.2) is 0 Å². The molecule has 6 nitrogen and oxygen atoms in total. The number of rotatable bonds is 8. The van der Waals surface area contributed by atoms with Crippen LogP contribution in [0.5, 0.6) is 0 Å². The van der Waals surface area contributed by atoms with Crippen LogP contribution in [0.2, 0.25) is 0 Å². The van der Waals surface area contributed by atoms with Crippen LogP contribution in [0.4, 0.5) is 0 Å². The van der Waals surface area contributed by atoms with Crippen LogP contribution in [0.25, 0.3) is 10.9 Å². The van der Waals surface area contributed by atoms with E-state index in [1.807, 2.05) is 54.6 Å². The van der Waals surface area contributed by atoms with E-state index < -0.39 is 0 Å². The highest BCUT2D eigenvalue weighted by Gasteiger charge is 2.13. The van der Waals surface area contributed by atoms with Gasteiger partial charge < -0.3 is 10.6 Å². The maximum Gasteiger partial charge on any atom is 0.272 e. The van der Waals surface area contributed by atoms with Gasteiger partial charge in [0.25, 0.3) is 5.91 Å². The Hall–Kier alpha value is -2.80. The van der Waals surface area contributed by atoms with E-state index in [2.05, 4.69) is 20.8 Å². The molecule has 134 valence electrons. The van der Waals surface area contributed by atoms with E-state index in [9.17, 15) is 9.59 Å². The Labute approximate surface area is 155 Å². The van der Waals surface area contributed by atoms with Gasteiger partial charge >= 0.3 is 0 Å². The summed E-state index contributed by atoms with van der Waals surface area (Å²) in [5.41, 5.74) is 1.19. The van der Waals surface area contributed by atoms with Crippen LogP contribution in [0.15, 0.2) is 59.5 Å². The molecule has 0 aliphatic rings. The molecular weight excluding hydrogens is 348 g/mol. The number of aromatic amines is 1. The topological polar surface area (TPSA) is 86.9 Å². The van der Waals surface area contributed by atoms with Crippen molar-refractivity contribution in [1.82, 2.24) is 20.8 Å². The Balaban J connectivity index is 1.34. The summed E-state index contributed by atoms with van der Waals surface area (Å²) in [6.45, 7) is 0.751. The Kier molecular flexibility index (Phi) is 6.27. The summed E-state index contributed by atoms with van der Waals surface area (Å²) in [5.74, 6) is 0.450. The first-order valence-corrected chi connectivity index (χ1v) is 9.38. The monoisotopic (exact) mass is 368 g/mol. The maximum atomic E-state index is 12.2. The number of para-hydroxylation sites is 1. The van der Waals surface area contributed by atoms with Crippen molar-refractivity contribution in [2.45, 2.75) is 11.3 Å². The van der Waals surface area contributed by atoms with Crippen molar-refractivity contribution in [1.29, 1.82) is 0 Å². The standard InChI is InChI=1S/C19H20N4O2S/c24-17(10-13-26-14-6-2-1-3-7-14)20-11-12-21-19(25)18-15-8-4-5-9-16(15)22-23-18/h1-9H,10-13H2,(H,20,24)(H,21,25)(H,22,23). The van der Waals surface area contributed by atoms with Crippen molar-refractivity contribution < 1.29 is 9.59 Å². The molecule has 0 bridgehead atoms. The van der Waals surface area contributed by atoms with Crippen molar-refractivity contribution in [2.24, 2.45) is 0 Å². The lowest BCUT2D eigenvalue weighted by Crippen LogP contribution is -2.35. The predicted molar refractivity (Wildman–Crippen MR) is 103 cm³/mol. The predicted octanol–water partition coefficient (Wildman–Crippen LogP) is 2.59. The molecule has 1 aromatic heterocycles. The SMILES string of the molecule is O=C(CCSc1ccccc1)NCCNC(=O)c1n[nH]c2ccccc12. The average Bonchev–Trinajstić information content (AvgIpc) is 3.10. The number of carbonyl (C=O) groups excluding carboxylic acids is 2. The van der Waals surface area contributed by atoms with E-state index >= 15 is 0 Å². The molecule has 7 heteroatoms. The molecule has 0 saturated carbocycles. The average molecular weight is 368 g/mol. The van der Waals surface area contributed by atoms with E-state index in [0.29, 0.717) is 25.2 Å². The number of H-pyrrole nitrogens is 1. The third-order valence-electron chi connectivity index (χ3n) is 3.76. The number of hydrogen-bond acceptors (Lipinski definition) is 4. The van der Waals surface area contributed by atoms with E-state index in [0.717, 1.165) is 21.6 Å². The summed E-state index contributed by atoms with van der Waals surface area (Å²) >= 11 is 1.65. The fraction of sp³-hybridized carbons (Fsp3) is 0.211. The van der Waals surface area contributed by atoms with Crippen LogP contribution in [0.3, 0.4) is 0 Å². The summed E-state index contributed by atoms with van der Waals surface area (Å²) in [4.78, 5) is 25.2. The lowest BCUT2D eigenvalue weighted by atomic mass is 10.2. The first-order valence-electron chi connectivity index (χ1n) is 8.40. The Bertz CT molecular complexity index is 879. The van der Waals surface area contributed by atoms with E-state index in [4.69, 9.17) is 0 Å². The highest BCUT2D eigenvalue weighted by molar-refractivity contribution is 7.99. The number of benzene rings is 2. The molecule has 0 radical (unpaired) electrons. The Morgan fingerprint density at radius 1 is 0.962 bits per heavy atom. The van der Waals surface area contributed by atoms with Gasteiger partial charge in [0.1, 0.15) is 0 Å². The second-order valence-corrected chi connectivity index (χ2v) is 6.80. The third kappa shape index (κ3) is 4.86. The minimum Gasteiger partial charge on any atom is -0.354 e. The fourth-order valence-electron chi connectivity index (χ4n) is 2.46. The maximum absolute atomic E-state index is 12.2. The van der Waals surface area contributed by atoms with Gasteiger partial charge in [-0.2, -0.15) is 5.10 Å². The first-order chi connectivity index (χ1) is 12.7. The lowest BCUT2D eigenvalue weighted by molar-refractivity contribution is -0.120. The van der Waals surface area contributed by atoms with Gasteiger partial charge in [0.05, 0.1) is 5.52 Å². The second kappa shape index (κ2) is 9.05. The normalized spacial score (nSPS) is 10.6. The van der Waals surface area contributed by atoms with Crippen molar-refractivity contribution >= 4 is 34.5 Å². The number of aromatic nitrogens is 2.